The van der Waals surface area contributed by atoms with E-state index in [-0.39, 0.29) is 0 Å². The first-order valence-electron chi connectivity index (χ1n) is 9.15. The van der Waals surface area contributed by atoms with E-state index in [9.17, 15) is 0 Å². The Morgan fingerprint density at radius 2 is 2.00 bits per heavy atom. The standard InChI is InChI=1S/C18H20N8/c1-2-15-10(5-21-25-15)3-11(1)22-17-14-8-20-9-16(14)23-18(24-17)26-12-4-13(26)7-19-6-12/h1-3,5,12-13,19-20H,4,6-9H2,(H,21,25)(H,22,23,24). The Hall–Kier alpha value is -2.71. The van der Waals surface area contributed by atoms with Crippen LogP contribution in [0.25, 0.3) is 10.9 Å². The highest BCUT2D eigenvalue weighted by Gasteiger charge is 2.43. The van der Waals surface area contributed by atoms with Crippen molar-refractivity contribution in [2.75, 3.05) is 23.3 Å². The number of hydrogen-bond donors (Lipinski definition) is 4. The van der Waals surface area contributed by atoms with Gasteiger partial charge in [0.15, 0.2) is 0 Å². The summed E-state index contributed by atoms with van der Waals surface area (Å²) in [6.45, 7) is 3.66. The molecule has 8 heteroatoms. The lowest BCUT2D eigenvalue weighted by Crippen LogP contribution is -2.68. The molecule has 0 saturated carbocycles. The Kier molecular flexibility index (Phi) is 3.00. The largest absolute Gasteiger partial charge is 0.340 e. The Labute approximate surface area is 150 Å². The van der Waals surface area contributed by atoms with E-state index in [2.05, 4.69) is 43.2 Å². The second kappa shape index (κ2) is 5.39. The molecule has 4 N–H and O–H groups in total. The molecule has 8 nitrogen and oxygen atoms in total. The third-order valence-electron chi connectivity index (χ3n) is 5.70. The molecule has 2 atom stereocenters. The Morgan fingerprint density at radius 1 is 1.08 bits per heavy atom. The smallest absolute Gasteiger partial charge is 0.228 e. The van der Waals surface area contributed by atoms with E-state index in [1.807, 2.05) is 12.3 Å². The molecule has 5 heterocycles. The molecule has 0 radical (unpaired) electrons. The van der Waals surface area contributed by atoms with Crippen molar-refractivity contribution in [3.05, 3.63) is 35.7 Å². The summed E-state index contributed by atoms with van der Waals surface area (Å²) in [6, 6.07) is 7.24. The van der Waals surface area contributed by atoms with Gasteiger partial charge in [-0.25, -0.2) is 4.98 Å². The van der Waals surface area contributed by atoms with Gasteiger partial charge in [-0.1, -0.05) is 0 Å². The first-order chi connectivity index (χ1) is 12.8. The highest BCUT2D eigenvalue weighted by Crippen LogP contribution is 2.35. The normalized spacial score (nSPS) is 23.8. The lowest BCUT2D eigenvalue weighted by molar-refractivity contribution is 0.258. The van der Waals surface area contributed by atoms with E-state index in [4.69, 9.17) is 9.97 Å². The quantitative estimate of drug-likeness (QED) is 0.566. The molecule has 0 aliphatic carbocycles. The maximum absolute atomic E-state index is 4.92. The van der Waals surface area contributed by atoms with Crippen LogP contribution < -0.4 is 20.9 Å². The van der Waals surface area contributed by atoms with Crippen LogP contribution in [0, 0.1) is 0 Å². The Bertz CT molecular complexity index is 982. The molecule has 6 rings (SSSR count). The minimum Gasteiger partial charge on any atom is -0.340 e. The summed E-state index contributed by atoms with van der Waals surface area (Å²) in [5.41, 5.74) is 4.33. The summed E-state index contributed by atoms with van der Waals surface area (Å²) >= 11 is 0. The van der Waals surface area contributed by atoms with Gasteiger partial charge in [0.25, 0.3) is 0 Å². The van der Waals surface area contributed by atoms with Gasteiger partial charge in [0.1, 0.15) is 5.82 Å². The van der Waals surface area contributed by atoms with Crippen molar-refractivity contribution < 1.29 is 0 Å². The van der Waals surface area contributed by atoms with Crippen molar-refractivity contribution in [3.63, 3.8) is 0 Å². The second-order valence-corrected chi connectivity index (χ2v) is 7.31. The molecule has 3 aromatic rings. The van der Waals surface area contributed by atoms with Gasteiger partial charge >= 0.3 is 0 Å². The zero-order valence-corrected chi connectivity index (χ0v) is 14.3. The van der Waals surface area contributed by atoms with Crippen molar-refractivity contribution >= 4 is 28.4 Å². The molecule has 2 saturated heterocycles. The summed E-state index contributed by atoms with van der Waals surface area (Å²) in [5.74, 6) is 1.78. The molecule has 2 bridgehead atoms. The van der Waals surface area contributed by atoms with Crippen LogP contribution in [0.1, 0.15) is 17.7 Å². The lowest BCUT2D eigenvalue weighted by atomic mass is 9.89. The van der Waals surface area contributed by atoms with Gasteiger partial charge in [-0.05, 0) is 24.6 Å². The fraction of sp³-hybridized carbons (Fsp3) is 0.389. The maximum atomic E-state index is 4.92. The number of piperidine rings is 1. The number of aromatic nitrogens is 4. The first-order valence-corrected chi connectivity index (χ1v) is 9.15. The molecule has 0 amide bonds. The van der Waals surface area contributed by atoms with Crippen LogP contribution in [0.5, 0.6) is 0 Å². The molecular formula is C18H20N8. The molecule has 0 spiro atoms. The predicted octanol–water partition coefficient (Wildman–Crippen LogP) is 1.25. The van der Waals surface area contributed by atoms with Crippen LogP contribution in [-0.2, 0) is 13.1 Å². The third kappa shape index (κ3) is 2.12. The molecule has 2 fully saturated rings. The fourth-order valence-electron chi connectivity index (χ4n) is 4.34. The molecule has 1 aromatic carbocycles. The average Bonchev–Trinajstić information content (AvgIpc) is 3.31. The van der Waals surface area contributed by atoms with Gasteiger partial charge in [-0.15, -0.1) is 0 Å². The molecule has 3 aliphatic rings. The average molecular weight is 348 g/mol. The topological polar surface area (TPSA) is 93.8 Å². The zero-order chi connectivity index (χ0) is 17.1. The summed E-state index contributed by atoms with van der Waals surface area (Å²) < 4.78 is 0. The molecule has 2 aromatic heterocycles. The van der Waals surface area contributed by atoms with Crippen molar-refractivity contribution in [2.24, 2.45) is 0 Å². The lowest BCUT2D eigenvalue weighted by Gasteiger charge is -2.53. The van der Waals surface area contributed by atoms with Crippen molar-refractivity contribution in [2.45, 2.75) is 31.6 Å². The number of aromatic amines is 1. The number of piperazine rings is 1. The minimum absolute atomic E-state index is 0.524. The van der Waals surface area contributed by atoms with Gasteiger partial charge in [0, 0.05) is 54.9 Å². The summed E-state index contributed by atoms with van der Waals surface area (Å²) in [6.07, 6.45) is 3.08. The molecule has 132 valence electrons. The first kappa shape index (κ1) is 14.5. The number of nitrogens with one attached hydrogen (secondary N) is 4. The highest BCUT2D eigenvalue weighted by molar-refractivity contribution is 5.83. The highest BCUT2D eigenvalue weighted by atomic mass is 15.4. The monoisotopic (exact) mass is 348 g/mol. The number of benzene rings is 1. The molecule has 3 aliphatic heterocycles. The third-order valence-corrected chi connectivity index (χ3v) is 5.70. The number of nitrogens with zero attached hydrogens (tertiary/aromatic N) is 4. The van der Waals surface area contributed by atoms with Crippen LogP contribution in [0.4, 0.5) is 17.5 Å². The van der Waals surface area contributed by atoms with E-state index < -0.39 is 0 Å². The van der Waals surface area contributed by atoms with E-state index in [0.29, 0.717) is 12.1 Å². The van der Waals surface area contributed by atoms with Crippen LogP contribution in [0.2, 0.25) is 0 Å². The van der Waals surface area contributed by atoms with Crippen LogP contribution in [-0.4, -0.2) is 45.3 Å². The second-order valence-electron chi connectivity index (χ2n) is 7.31. The van der Waals surface area contributed by atoms with Crippen LogP contribution in [0.15, 0.2) is 24.4 Å². The number of anilines is 3. The number of hydrogen-bond acceptors (Lipinski definition) is 7. The van der Waals surface area contributed by atoms with Crippen LogP contribution >= 0.6 is 0 Å². The fourth-order valence-corrected chi connectivity index (χ4v) is 4.34. The number of fused-ring (bicyclic) bond motifs is 4. The number of H-pyrrole nitrogens is 1. The molecule has 26 heavy (non-hydrogen) atoms. The van der Waals surface area contributed by atoms with E-state index in [0.717, 1.165) is 60.2 Å². The van der Waals surface area contributed by atoms with Gasteiger partial charge in [-0.3, -0.25) is 5.10 Å². The SMILES string of the molecule is c1cc2[nH]ncc2cc1Nc1nc(N2C3CNCC2C3)nc2c1CNC2. The summed E-state index contributed by atoms with van der Waals surface area (Å²) in [7, 11) is 0. The minimum atomic E-state index is 0.524. The number of rotatable bonds is 3. The van der Waals surface area contributed by atoms with Gasteiger partial charge < -0.3 is 20.9 Å². The van der Waals surface area contributed by atoms with Crippen molar-refractivity contribution in [3.8, 4) is 0 Å². The van der Waals surface area contributed by atoms with Gasteiger partial charge in [0.05, 0.1) is 17.4 Å². The summed E-state index contributed by atoms with van der Waals surface area (Å²) in [5, 5.41) is 18.6. The van der Waals surface area contributed by atoms with Crippen molar-refractivity contribution in [1.82, 2.24) is 30.8 Å². The van der Waals surface area contributed by atoms with Gasteiger partial charge in [-0.2, -0.15) is 10.1 Å². The van der Waals surface area contributed by atoms with Crippen LogP contribution in [0.3, 0.4) is 0 Å². The zero-order valence-electron chi connectivity index (χ0n) is 14.3. The Balaban J connectivity index is 1.39. The Morgan fingerprint density at radius 3 is 2.88 bits per heavy atom. The van der Waals surface area contributed by atoms with Crippen molar-refractivity contribution in [1.29, 1.82) is 0 Å². The van der Waals surface area contributed by atoms with Gasteiger partial charge in [0.2, 0.25) is 5.95 Å². The molecular weight excluding hydrogens is 328 g/mol. The predicted molar refractivity (Wildman–Crippen MR) is 99.5 cm³/mol. The summed E-state index contributed by atoms with van der Waals surface area (Å²) in [4.78, 5) is 12.2. The van der Waals surface area contributed by atoms with E-state index in [1.165, 1.54) is 12.0 Å². The maximum Gasteiger partial charge on any atom is 0.228 e. The van der Waals surface area contributed by atoms with E-state index >= 15 is 0 Å². The molecule has 2 unspecified atom stereocenters. The van der Waals surface area contributed by atoms with E-state index in [1.54, 1.807) is 0 Å².